The van der Waals surface area contributed by atoms with Gasteiger partial charge in [0.25, 0.3) is 0 Å². The average Bonchev–Trinajstić information content (AvgIpc) is 3.59. The van der Waals surface area contributed by atoms with Crippen LogP contribution in [0.5, 0.6) is 0 Å². The number of ether oxygens (including phenoxy) is 2. The molecule has 3 aromatic rings. The quantitative estimate of drug-likeness (QED) is 0.139. The van der Waals surface area contributed by atoms with E-state index in [0.717, 1.165) is 52.1 Å². The summed E-state index contributed by atoms with van der Waals surface area (Å²) in [7, 11) is 0. The Morgan fingerprint density at radius 2 is 2.09 bits per heavy atom. The van der Waals surface area contributed by atoms with Crippen LogP contribution in [0.25, 0.3) is 10.2 Å². The number of hydrogen-bond acceptors (Lipinski definition) is 8. The van der Waals surface area contributed by atoms with Gasteiger partial charge in [-0.2, -0.15) is 5.26 Å². The third-order valence-electron chi connectivity index (χ3n) is 9.92. The van der Waals surface area contributed by atoms with E-state index in [1.54, 1.807) is 12.1 Å². The van der Waals surface area contributed by atoms with Crippen LogP contribution in [0.3, 0.4) is 0 Å². The van der Waals surface area contributed by atoms with E-state index in [1.807, 2.05) is 19.9 Å². The van der Waals surface area contributed by atoms with Gasteiger partial charge in [0.2, 0.25) is 0 Å². The topological polar surface area (TPSA) is 101 Å². The van der Waals surface area contributed by atoms with Gasteiger partial charge in [-0.05, 0) is 93.7 Å². The van der Waals surface area contributed by atoms with E-state index in [4.69, 9.17) is 19.0 Å². The summed E-state index contributed by atoms with van der Waals surface area (Å²) in [5.74, 6) is 1.79. The molecule has 1 aromatic carbocycles. The van der Waals surface area contributed by atoms with Crippen LogP contribution in [-0.4, -0.2) is 28.0 Å². The van der Waals surface area contributed by atoms with Crippen LogP contribution in [0.2, 0.25) is 0 Å². The number of nitriles is 1. The minimum atomic E-state index is -1.10. The Bertz CT molecular complexity index is 1680. The largest absolute Gasteiger partial charge is 0.382 e. The molecule has 0 unspecified atom stereocenters. The average molecular weight is 646 g/mol. The summed E-state index contributed by atoms with van der Waals surface area (Å²) in [5, 5.41) is 26.7. The smallest absolute Gasteiger partial charge is 0.142 e. The molecule has 0 amide bonds. The molecule has 9 heteroatoms. The number of alkyl halides is 1. The maximum absolute atomic E-state index is 13.9. The van der Waals surface area contributed by atoms with E-state index in [0.29, 0.717) is 66.1 Å². The molecular formula is C37H44FN3O4S. The number of allylic oxidation sites excluding steroid dienone is 4. The number of thiazole rings is 1. The van der Waals surface area contributed by atoms with Crippen LogP contribution in [0.1, 0.15) is 92.4 Å². The van der Waals surface area contributed by atoms with Crippen LogP contribution in [0.4, 0.5) is 4.39 Å². The highest BCUT2D eigenvalue weighted by molar-refractivity contribution is 7.18. The van der Waals surface area contributed by atoms with Gasteiger partial charge >= 0.3 is 0 Å². The van der Waals surface area contributed by atoms with Crippen LogP contribution < -0.4 is 0 Å². The summed E-state index contributed by atoms with van der Waals surface area (Å²) < 4.78 is 33.1. The van der Waals surface area contributed by atoms with Gasteiger partial charge in [-0.15, -0.1) is 11.3 Å². The fraction of sp³-hybridized carbons (Fsp3) is 0.541. The standard InChI is InChI=1S/C37H44FN3O4S/c1-22(2)7-5-6-8-23(3)19-43-21-32-30(33(45-41-32)13-25-9-10-25)20-44-29-15-28-11-24(4)31(16-29)37(28,42)36-40-35-27(17-38)12-26(18-39)14-34(35)46-36/h5-6,8,12,14,24-25,28-29,31,42H,1,7,9-11,13,15-17,19-21H2,2-4H3/b6-5-,23-8-/t24-,28+,29+,31+,37-/m0/s1. The number of rotatable bonds is 14. The number of fused-ring (bicyclic) bond motifs is 3. The lowest BCUT2D eigenvalue weighted by Crippen LogP contribution is -2.45. The first-order valence-corrected chi connectivity index (χ1v) is 17.3. The Kier molecular flexibility index (Phi) is 9.91. The lowest BCUT2D eigenvalue weighted by molar-refractivity contribution is -0.120. The molecule has 3 saturated carbocycles. The number of hydrogen-bond donors (Lipinski definition) is 1. The molecule has 244 valence electrons. The van der Waals surface area contributed by atoms with Crippen molar-refractivity contribution < 1.29 is 23.5 Å². The molecule has 2 aromatic heterocycles. The molecule has 5 atom stereocenters. The van der Waals surface area contributed by atoms with E-state index in [-0.39, 0.29) is 17.9 Å². The second-order valence-electron chi connectivity index (χ2n) is 13.8. The van der Waals surface area contributed by atoms with Crippen molar-refractivity contribution in [1.29, 1.82) is 5.26 Å². The zero-order valence-corrected chi connectivity index (χ0v) is 27.9. The number of halogens is 1. The summed E-state index contributed by atoms with van der Waals surface area (Å²) in [5.41, 5.74) is 4.30. The zero-order valence-electron chi connectivity index (χ0n) is 27.1. The molecule has 1 N–H and O–H groups in total. The molecule has 7 nitrogen and oxygen atoms in total. The maximum atomic E-state index is 13.9. The van der Waals surface area contributed by atoms with Crippen LogP contribution in [0, 0.1) is 35.0 Å². The Balaban J connectivity index is 1.13. The van der Waals surface area contributed by atoms with Crippen molar-refractivity contribution in [3.63, 3.8) is 0 Å². The molecule has 0 saturated heterocycles. The Labute approximate surface area is 274 Å². The first kappa shape index (κ1) is 32.8. The highest BCUT2D eigenvalue weighted by Gasteiger charge is 2.59. The van der Waals surface area contributed by atoms with Crippen molar-refractivity contribution in [3.8, 4) is 6.07 Å². The highest BCUT2D eigenvalue weighted by atomic mass is 32.1. The van der Waals surface area contributed by atoms with Gasteiger partial charge in [0.15, 0.2) is 0 Å². The Morgan fingerprint density at radius 1 is 1.26 bits per heavy atom. The molecule has 3 aliphatic carbocycles. The monoisotopic (exact) mass is 645 g/mol. The summed E-state index contributed by atoms with van der Waals surface area (Å²) >= 11 is 1.39. The summed E-state index contributed by atoms with van der Waals surface area (Å²) in [6.45, 7) is 10.7. The van der Waals surface area contributed by atoms with Crippen LogP contribution in [0.15, 0.2) is 52.6 Å². The molecule has 2 bridgehead atoms. The van der Waals surface area contributed by atoms with E-state index >= 15 is 0 Å². The molecular weight excluding hydrogens is 601 g/mol. The van der Waals surface area contributed by atoms with Crippen molar-refractivity contribution in [1.82, 2.24) is 10.1 Å². The predicted molar refractivity (Wildman–Crippen MR) is 177 cm³/mol. The second-order valence-corrected chi connectivity index (χ2v) is 14.8. The molecule has 3 fully saturated rings. The molecule has 46 heavy (non-hydrogen) atoms. The SMILES string of the molecule is C=C(C)C/C=C\C=C(\C)COCc1noc(CC2CC2)c1CO[C@@H]1C[C@H]2C[C@H](C)[C@@H](C1)[C@]2(O)c1nc2c(CF)cc(C#N)cc2s1. The van der Waals surface area contributed by atoms with Crippen LogP contribution in [-0.2, 0) is 41.4 Å². The number of benzene rings is 1. The first-order chi connectivity index (χ1) is 22.2. The van der Waals surface area contributed by atoms with E-state index in [2.05, 4.69) is 36.9 Å². The zero-order chi connectivity index (χ0) is 32.4. The minimum absolute atomic E-state index is 0.0187. The summed E-state index contributed by atoms with van der Waals surface area (Å²) in [4.78, 5) is 4.80. The fourth-order valence-corrected chi connectivity index (χ4v) is 8.57. The van der Waals surface area contributed by atoms with E-state index < -0.39 is 12.3 Å². The Morgan fingerprint density at radius 3 is 2.80 bits per heavy atom. The Hall–Kier alpha value is -3.16. The van der Waals surface area contributed by atoms with Gasteiger partial charge in [-0.1, -0.05) is 42.5 Å². The third-order valence-corrected chi connectivity index (χ3v) is 11.1. The van der Waals surface area contributed by atoms with Crippen molar-refractivity contribution in [3.05, 3.63) is 81.2 Å². The molecule has 3 aliphatic rings. The molecule has 2 heterocycles. The number of aromatic nitrogens is 2. The van der Waals surface area contributed by atoms with Gasteiger partial charge in [-0.3, -0.25) is 0 Å². The van der Waals surface area contributed by atoms with E-state index in [1.165, 1.54) is 24.2 Å². The third kappa shape index (κ3) is 6.91. The normalized spacial score (nSPS) is 26.3. The lowest BCUT2D eigenvalue weighted by atomic mass is 9.72. The van der Waals surface area contributed by atoms with Crippen molar-refractivity contribution in [2.75, 3.05) is 6.61 Å². The number of nitrogens with zero attached hydrogens (tertiary/aromatic N) is 3. The lowest BCUT2D eigenvalue weighted by Gasteiger charge is -2.42. The van der Waals surface area contributed by atoms with Gasteiger partial charge in [0.05, 0.1) is 47.8 Å². The first-order valence-electron chi connectivity index (χ1n) is 16.4. The molecule has 0 aliphatic heterocycles. The maximum Gasteiger partial charge on any atom is 0.142 e. The summed E-state index contributed by atoms with van der Waals surface area (Å²) in [6.07, 6.45) is 12.6. The van der Waals surface area contributed by atoms with Crippen molar-refractivity contribution in [2.45, 2.75) is 97.3 Å². The number of aliphatic hydroxyl groups is 1. The van der Waals surface area contributed by atoms with Gasteiger partial charge in [0.1, 0.15) is 28.7 Å². The molecule has 0 radical (unpaired) electrons. The highest BCUT2D eigenvalue weighted by Crippen LogP contribution is 2.59. The van der Waals surface area contributed by atoms with Gasteiger partial charge in [-0.25, -0.2) is 9.37 Å². The summed E-state index contributed by atoms with van der Waals surface area (Å²) in [6, 6.07) is 5.42. The second kappa shape index (κ2) is 13.9. The van der Waals surface area contributed by atoms with Crippen molar-refractivity contribution in [2.24, 2.45) is 23.7 Å². The predicted octanol–water partition coefficient (Wildman–Crippen LogP) is 8.40. The van der Waals surface area contributed by atoms with Gasteiger partial charge < -0.3 is 19.1 Å². The van der Waals surface area contributed by atoms with Gasteiger partial charge in [0, 0.05) is 17.5 Å². The van der Waals surface area contributed by atoms with E-state index in [9.17, 15) is 14.8 Å². The van der Waals surface area contributed by atoms with Crippen LogP contribution >= 0.6 is 11.3 Å². The fourth-order valence-electron chi connectivity index (χ4n) is 7.28. The van der Waals surface area contributed by atoms with Crippen molar-refractivity contribution >= 4 is 21.6 Å². The molecule has 0 spiro atoms. The molecule has 6 rings (SSSR count). The minimum Gasteiger partial charge on any atom is -0.382 e.